The highest BCUT2D eigenvalue weighted by Crippen LogP contribution is 2.37. The number of carbonyl (C=O) groups excluding carboxylic acids is 1. The molecule has 0 spiro atoms. The van der Waals surface area contributed by atoms with Gasteiger partial charge in [0, 0.05) is 6.04 Å². The topological polar surface area (TPSA) is 66.4 Å². The molecule has 0 radical (unpaired) electrons. The molecular formula is C13H14F3NO3S. The van der Waals surface area contributed by atoms with Crippen molar-refractivity contribution in [2.45, 2.75) is 37.9 Å². The second kappa shape index (κ2) is 6.05. The number of hydrogen-bond donors (Lipinski definition) is 2. The van der Waals surface area contributed by atoms with E-state index in [4.69, 9.17) is 5.11 Å². The molecule has 2 unspecified atom stereocenters. The standard InChI is InChI=1S/C13H14F3NO3S/c14-13(15,16)7-2-1-3-8(6-7)17-11(18)9-4-5-10(21-9)12(19)20/h4-5,7-8H,1-3,6H2,(H,17,18)(H,19,20). The first-order valence-electron chi connectivity index (χ1n) is 6.48. The van der Waals surface area contributed by atoms with Gasteiger partial charge in [-0.2, -0.15) is 13.2 Å². The Morgan fingerprint density at radius 1 is 1.24 bits per heavy atom. The predicted octanol–water partition coefficient (Wildman–Crippen LogP) is 3.30. The molecule has 2 rings (SSSR count). The molecule has 0 aromatic carbocycles. The quantitative estimate of drug-likeness (QED) is 0.898. The molecule has 1 aromatic heterocycles. The van der Waals surface area contributed by atoms with Gasteiger partial charge in [-0.3, -0.25) is 4.79 Å². The Labute approximate surface area is 123 Å². The summed E-state index contributed by atoms with van der Waals surface area (Å²) in [6.45, 7) is 0. The number of amides is 1. The van der Waals surface area contributed by atoms with Gasteiger partial charge in [-0.25, -0.2) is 4.79 Å². The number of nitrogens with one attached hydrogen (secondary N) is 1. The van der Waals surface area contributed by atoms with Crippen molar-refractivity contribution in [1.29, 1.82) is 0 Å². The van der Waals surface area contributed by atoms with E-state index >= 15 is 0 Å². The van der Waals surface area contributed by atoms with Crippen LogP contribution in [-0.2, 0) is 0 Å². The summed E-state index contributed by atoms with van der Waals surface area (Å²) >= 11 is 0.810. The molecule has 2 atom stereocenters. The van der Waals surface area contributed by atoms with E-state index in [1.165, 1.54) is 12.1 Å². The number of carboxylic acids is 1. The van der Waals surface area contributed by atoms with E-state index in [9.17, 15) is 22.8 Å². The highest BCUT2D eigenvalue weighted by atomic mass is 32.1. The number of carboxylic acid groups (broad SMARTS) is 1. The average molecular weight is 321 g/mol. The fourth-order valence-corrected chi connectivity index (χ4v) is 3.20. The maximum Gasteiger partial charge on any atom is 0.391 e. The lowest BCUT2D eigenvalue weighted by molar-refractivity contribution is -0.183. The highest BCUT2D eigenvalue weighted by molar-refractivity contribution is 7.15. The number of halogens is 3. The van der Waals surface area contributed by atoms with Crippen LogP contribution in [0.2, 0.25) is 0 Å². The Hall–Kier alpha value is -1.57. The summed E-state index contributed by atoms with van der Waals surface area (Å²) in [7, 11) is 0. The van der Waals surface area contributed by atoms with E-state index in [1.807, 2.05) is 0 Å². The van der Waals surface area contributed by atoms with Gasteiger partial charge in [0.25, 0.3) is 5.91 Å². The number of alkyl halides is 3. The lowest BCUT2D eigenvalue weighted by atomic mass is 9.85. The van der Waals surface area contributed by atoms with E-state index in [-0.39, 0.29) is 22.6 Å². The van der Waals surface area contributed by atoms with Crippen LogP contribution in [0.25, 0.3) is 0 Å². The van der Waals surface area contributed by atoms with Gasteiger partial charge in [-0.05, 0) is 31.4 Å². The third-order valence-corrected chi connectivity index (χ3v) is 4.58. The Bertz CT molecular complexity index is 541. The third kappa shape index (κ3) is 3.96. The van der Waals surface area contributed by atoms with E-state index in [2.05, 4.69) is 5.32 Å². The van der Waals surface area contributed by atoms with Crippen molar-refractivity contribution < 1.29 is 27.9 Å². The molecule has 1 heterocycles. The molecule has 21 heavy (non-hydrogen) atoms. The van der Waals surface area contributed by atoms with Crippen LogP contribution >= 0.6 is 11.3 Å². The fourth-order valence-electron chi connectivity index (χ4n) is 2.45. The monoisotopic (exact) mass is 321 g/mol. The van der Waals surface area contributed by atoms with Gasteiger partial charge in [-0.15, -0.1) is 11.3 Å². The molecule has 1 aromatic rings. The normalized spacial score (nSPS) is 22.8. The van der Waals surface area contributed by atoms with Crippen molar-refractivity contribution in [2.75, 3.05) is 0 Å². The first-order valence-corrected chi connectivity index (χ1v) is 7.29. The summed E-state index contributed by atoms with van der Waals surface area (Å²) in [4.78, 5) is 22.9. The van der Waals surface area contributed by atoms with Crippen LogP contribution in [0.3, 0.4) is 0 Å². The molecule has 0 bridgehead atoms. The maximum atomic E-state index is 12.7. The van der Waals surface area contributed by atoms with Gasteiger partial charge < -0.3 is 10.4 Å². The van der Waals surface area contributed by atoms with Gasteiger partial charge in [0.2, 0.25) is 0 Å². The number of rotatable bonds is 3. The van der Waals surface area contributed by atoms with Crippen LogP contribution in [0.5, 0.6) is 0 Å². The third-order valence-electron chi connectivity index (χ3n) is 3.51. The van der Waals surface area contributed by atoms with Crippen LogP contribution in [0, 0.1) is 5.92 Å². The average Bonchev–Trinajstić information content (AvgIpc) is 2.88. The van der Waals surface area contributed by atoms with Crippen molar-refractivity contribution in [3.8, 4) is 0 Å². The second-order valence-electron chi connectivity index (χ2n) is 5.04. The van der Waals surface area contributed by atoms with E-state index in [0.717, 1.165) is 11.3 Å². The Morgan fingerprint density at radius 2 is 1.90 bits per heavy atom. The Morgan fingerprint density at radius 3 is 2.48 bits per heavy atom. The fraction of sp³-hybridized carbons (Fsp3) is 0.538. The van der Waals surface area contributed by atoms with Crippen molar-refractivity contribution in [1.82, 2.24) is 5.32 Å². The molecule has 116 valence electrons. The second-order valence-corrected chi connectivity index (χ2v) is 6.13. The Kier molecular flexibility index (Phi) is 4.55. The Balaban J connectivity index is 1.97. The minimum Gasteiger partial charge on any atom is -0.477 e. The summed E-state index contributed by atoms with van der Waals surface area (Å²) in [6, 6.07) is 2.16. The number of thiophene rings is 1. The minimum absolute atomic E-state index is 0.0250. The van der Waals surface area contributed by atoms with Gasteiger partial charge >= 0.3 is 12.1 Å². The summed E-state index contributed by atoms with van der Waals surface area (Å²) in [5.41, 5.74) is 0. The van der Waals surface area contributed by atoms with E-state index in [0.29, 0.717) is 12.8 Å². The molecular weight excluding hydrogens is 307 g/mol. The predicted molar refractivity (Wildman–Crippen MR) is 70.5 cm³/mol. The number of carbonyl (C=O) groups is 2. The molecule has 1 saturated carbocycles. The molecule has 1 aliphatic carbocycles. The van der Waals surface area contributed by atoms with Crippen LogP contribution in [0.15, 0.2) is 12.1 Å². The van der Waals surface area contributed by atoms with Gasteiger partial charge in [0.1, 0.15) is 4.88 Å². The summed E-state index contributed by atoms with van der Waals surface area (Å²) < 4.78 is 38.1. The number of hydrogen-bond acceptors (Lipinski definition) is 3. The first-order chi connectivity index (χ1) is 9.77. The van der Waals surface area contributed by atoms with Crippen LogP contribution < -0.4 is 5.32 Å². The van der Waals surface area contributed by atoms with Crippen molar-refractivity contribution in [3.05, 3.63) is 21.9 Å². The zero-order valence-corrected chi connectivity index (χ0v) is 11.8. The first kappa shape index (κ1) is 15.8. The molecule has 1 amide bonds. The molecule has 8 heteroatoms. The molecule has 0 saturated heterocycles. The zero-order valence-electron chi connectivity index (χ0n) is 10.9. The van der Waals surface area contributed by atoms with E-state index in [1.54, 1.807) is 0 Å². The molecule has 4 nitrogen and oxygen atoms in total. The SMILES string of the molecule is O=C(O)c1ccc(C(=O)NC2CCCC(C(F)(F)F)C2)s1. The van der Waals surface area contributed by atoms with Gasteiger partial charge in [-0.1, -0.05) is 6.42 Å². The zero-order chi connectivity index (χ0) is 15.6. The van der Waals surface area contributed by atoms with Crippen LogP contribution in [0.4, 0.5) is 13.2 Å². The summed E-state index contributed by atoms with van der Waals surface area (Å²) in [5, 5.41) is 11.3. The van der Waals surface area contributed by atoms with Gasteiger partial charge in [0.15, 0.2) is 0 Å². The summed E-state index contributed by atoms with van der Waals surface area (Å²) in [6.07, 6.45) is -3.33. The molecule has 1 fully saturated rings. The lowest BCUT2D eigenvalue weighted by Gasteiger charge is -2.30. The minimum atomic E-state index is -4.23. The highest BCUT2D eigenvalue weighted by Gasteiger charge is 2.42. The van der Waals surface area contributed by atoms with Crippen LogP contribution in [-0.4, -0.2) is 29.2 Å². The van der Waals surface area contributed by atoms with Crippen molar-refractivity contribution in [2.24, 2.45) is 5.92 Å². The van der Waals surface area contributed by atoms with Gasteiger partial charge in [0.05, 0.1) is 10.8 Å². The lowest BCUT2D eigenvalue weighted by Crippen LogP contribution is -2.41. The largest absolute Gasteiger partial charge is 0.477 e. The number of aromatic carboxylic acids is 1. The summed E-state index contributed by atoms with van der Waals surface area (Å²) in [5.74, 6) is -3.02. The van der Waals surface area contributed by atoms with Crippen molar-refractivity contribution >= 4 is 23.2 Å². The molecule has 1 aliphatic rings. The smallest absolute Gasteiger partial charge is 0.391 e. The van der Waals surface area contributed by atoms with Crippen molar-refractivity contribution in [3.63, 3.8) is 0 Å². The maximum absolute atomic E-state index is 12.7. The molecule has 0 aliphatic heterocycles. The van der Waals surface area contributed by atoms with Crippen LogP contribution in [0.1, 0.15) is 45.0 Å². The molecule has 2 N–H and O–H groups in total. The van der Waals surface area contributed by atoms with E-state index < -0.39 is 30.0 Å².